The summed E-state index contributed by atoms with van der Waals surface area (Å²) in [6.45, 7) is 8.98. The van der Waals surface area contributed by atoms with E-state index >= 15 is 0 Å². The Bertz CT molecular complexity index is 1100. The van der Waals surface area contributed by atoms with Crippen LogP contribution in [0.1, 0.15) is 55.5 Å². The van der Waals surface area contributed by atoms with Gasteiger partial charge in [0.1, 0.15) is 5.82 Å². The van der Waals surface area contributed by atoms with Gasteiger partial charge in [0.05, 0.1) is 30.1 Å². The fourth-order valence-electron chi connectivity index (χ4n) is 3.38. The van der Waals surface area contributed by atoms with Crippen LogP contribution in [0.4, 0.5) is 0 Å². The van der Waals surface area contributed by atoms with Gasteiger partial charge in [-0.3, -0.25) is 14.2 Å². The number of rotatable bonds is 6. The van der Waals surface area contributed by atoms with Crippen LogP contribution in [0, 0.1) is 0 Å². The number of nitrogens with one attached hydrogen (secondary N) is 1. The first kappa shape index (κ1) is 21.7. The van der Waals surface area contributed by atoms with Gasteiger partial charge in [0, 0.05) is 12.7 Å². The second-order valence-electron chi connectivity index (χ2n) is 8.46. The normalized spacial score (nSPS) is 12.7. The van der Waals surface area contributed by atoms with E-state index in [1.54, 1.807) is 23.8 Å². The number of fused-ring (bicyclic) bond motifs is 1. The first-order chi connectivity index (χ1) is 14.2. The molecule has 1 aromatic heterocycles. The lowest BCUT2D eigenvalue weighted by Crippen LogP contribution is -2.34. The number of carbonyl (C=O) groups is 1. The van der Waals surface area contributed by atoms with E-state index in [1.165, 1.54) is 0 Å². The molecule has 0 fully saturated rings. The highest BCUT2D eigenvalue weighted by molar-refractivity contribution is 5.94. The predicted octanol–water partition coefficient (Wildman–Crippen LogP) is 3.83. The van der Waals surface area contributed by atoms with Crippen molar-refractivity contribution in [1.82, 2.24) is 14.9 Å². The minimum absolute atomic E-state index is 0.0225. The molecule has 1 amide bonds. The first-order valence-corrected chi connectivity index (χ1v) is 10.1. The van der Waals surface area contributed by atoms with Gasteiger partial charge < -0.3 is 10.1 Å². The summed E-state index contributed by atoms with van der Waals surface area (Å²) in [5, 5.41) is 3.53. The van der Waals surface area contributed by atoms with Crippen molar-refractivity contribution < 1.29 is 9.53 Å². The molecule has 1 atom stereocenters. The van der Waals surface area contributed by atoms with Gasteiger partial charge in [0.2, 0.25) is 0 Å². The Kier molecular flexibility index (Phi) is 6.37. The molecule has 0 spiro atoms. The molecule has 2 aromatic carbocycles. The SMILES string of the molecule is COCCn1c(C(C)NC(=O)c2ccc(C(C)(C)C)cc2)nc2ccccc2c1=O. The van der Waals surface area contributed by atoms with E-state index in [4.69, 9.17) is 4.74 Å². The quantitative estimate of drug-likeness (QED) is 0.674. The fourth-order valence-corrected chi connectivity index (χ4v) is 3.38. The average Bonchev–Trinajstić information content (AvgIpc) is 2.72. The molecule has 3 aromatic rings. The molecule has 6 nitrogen and oxygen atoms in total. The van der Waals surface area contributed by atoms with Crippen molar-refractivity contribution in [2.24, 2.45) is 0 Å². The molecule has 0 radical (unpaired) electrons. The van der Waals surface area contributed by atoms with Crippen LogP contribution >= 0.6 is 0 Å². The van der Waals surface area contributed by atoms with Crippen molar-refractivity contribution in [3.63, 3.8) is 0 Å². The monoisotopic (exact) mass is 407 g/mol. The van der Waals surface area contributed by atoms with Crippen molar-refractivity contribution in [3.05, 3.63) is 75.8 Å². The third-order valence-electron chi connectivity index (χ3n) is 5.16. The molecular formula is C24H29N3O3. The topological polar surface area (TPSA) is 73.2 Å². The standard InChI is InChI=1S/C24H29N3O3/c1-16(25-22(28)17-10-12-18(13-11-17)24(2,3)4)21-26-20-9-7-6-8-19(20)23(29)27(21)14-15-30-5/h6-13,16H,14-15H2,1-5H3,(H,25,28). The molecule has 0 aliphatic carbocycles. The number of para-hydroxylation sites is 1. The number of ether oxygens (including phenoxy) is 1. The molecule has 0 saturated heterocycles. The van der Waals surface area contributed by atoms with Crippen LogP contribution in [0.3, 0.4) is 0 Å². The number of nitrogens with zero attached hydrogens (tertiary/aromatic N) is 2. The molecule has 0 aliphatic heterocycles. The highest BCUT2D eigenvalue weighted by Crippen LogP contribution is 2.22. The van der Waals surface area contributed by atoms with Crippen LogP contribution in [0.2, 0.25) is 0 Å². The molecule has 3 rings (SSSR count). The zero-order chi connectivity index (χ0) is 21.9. The molecule has 0 aliphatic rings. The second-order valence-corrected chi connectivity index (χ2v) is 8.46. The highest BCUT2D eigenvalue weighted by Gasteiger charge is 2.20. The number of carbonyl (C=O) groups excluding carboxylic acids is 1. The Morgan fingerprint density at radius 3 is 2.43 bits per heavy atom. The maximum absolute atomic E-state index is 13.0. The second kappa shape index (κ2) is 8.79. The summed E-state index contributed by atoms with van der Waals surface area (Å²) in [7, 11) is 1.59. The van der Waals surface area contributed by atoms with Gasteiger partial charge in [0.25, 0.3) is 11.5 Å². The maximum atomic E-state index is 13.0. The van der Waals surface area contributed by atoms with E-state index in [0.29, 0.717) is 35.4 Å². The summed E-state index contributed by atoms with van der Waals surface area (Å²) in [6.07, 6.45) is 0. The highest BCUT2D eigenvalue weighted by atomic mass is 16.5. The molecule has 158 valence electrons. The Labute approximate surface area is 176 Å². The van der Waals surface area contributed by atoms with Gasteiger partial charge in [-0.05, 0) is 42.2 Å². The summed E-state index contributed by atoms with van der Waals surface area (Å²) in [6, 6.07) is 14.4. The summed E-state index contributed by atoms with van der Waals surface area (Å²) < 4.78 is 6.74. The number of methoxy groups -OCH3 is 1. The van der Waals surface area contributed by atoms with Gasteiger partial charge in [-0.1, -0.05) is 45.0 Å². The van der Waals surface area contributed by atoms with E-state index < -0.39 is 6.04 Å². The van der Waals surface area contributed by atoms with Gasteiger partial charge in [0.15, 0.2) is 0 Å². The molecule has 1 unspecified atom stereocenters. The number of aromatic nitrogens is 2. The zero-order valence-corrected chi connectivity index (χ0v) is 18.2. The van der Waals surface area contributed by atoms with Crippen LogP contribution < -0.4 is 10.9 Å². The van der Waals surface area contributed by atoms with Crippen LogP contribution in [0.25, 0.3) is 10.9 Å². The van der Waals surface area contributed by atoms with E-state index in [0.717, 1.165) is 5.56 Å². The van der Waals surface area contributed by atoms with Crippen LogP contribution in [-0.4, -0.2) is 29.2 Å². The summed E-state index contributed by atoms with van der Waals surface area (Å²) >= 11 is 0. The van der Waals surface area contributed by atoms with Crippen molar-refractivity contribution in [2.45, 2.75) is 45.7 Å². The summed E-state index contributed by atoms with van der Waals surface area (Å²) in [5.74, 6) is 0.305. The minimum Gasteiger partial charge on any atom is -0.383 e. The third-order valence-corrected chi connectivity index (χ3v) is 5.16. The molecular weight excluding hydrogens is 378 g/mol. The van der Waals surface area contributed by atoms with Crippen LogP contribution in [0.15, 0.2) is 53.3 Å². The van der Waals surface area contributed by atoms with Gasteiger partial charge in [-0.15, -0.1) is 0 Å². The van der Waals surface area contributed by atoms with Crippen molar-refractivity contribution in [3.8, 4) is 0 Å². The Morgan fingerprint density at radius 1 is 1.13 bits per heavy atom. The summed E-state index contributed by atoms with van der Waals surface area (Å²) in [4.78, 5) is 30.5. The van der Waals surface area contributed by atoms with Crippen molar-refractivity contribution in [2.75, 3.05) is 13.7 Å². The van der Waals surface area contributed by atoms with Gasteiger partial charge >= 0.3 is 0 Å². The number of hydrogen-bond acceptors (Lipinski definition) is 4. The zero-order valence-electron chi connectivity index (χ0n) is 18.2. The van der Waals surface area contributed by atoms with Gasteiger partial charge in [-0.2, -0.15) is 0 Å². The molecule has 0 saturated carbocycles. The largest absolute Gasteiger partial charge is 0.383 e. The number of amides is 1. The lowest BCUT2D eigenvalue weighted by atomic mass is 9.86. The Morgan fingerprint density at radius 2 is 1.80 bits per heavy atom. The first-order valence-electron chi connectivity index (χ1n) is 10.1. The van der Waals surface area contributed by atoms with E-state index in [2.05, 4.69) is 31.1 Å². The van der Waals surface area contributed by atoms with E-state index in [1.807, 2.05) is 43.3 Å². The fraction of sp³-hybridized carbons (Fsp3) is 0.375. The predicted molar refractivity (Wildman–Crippen MR) is 119 cm³/mol. The maximum Gasteiger partial charge on any atom is 0.261 e. The minimum atomic E-state index is -0.450. The molecule has 0 bridgehead atoms. The lowest BCUT2D eigenvalue weighted by molar-refractivity contribution is 0.0937. The van der Waals surface area contributed by atoms with E-state index in [9.17, 15) is 9.59 Å². The van der Waals surface area contributed by atoms with E-state index in [-0.39, 0.29) is 16.9 Å². The molecule has 1 heterocycles. The Hall–Kier alpha value is -2.99. The molecule has 30 heavy (non-hydrogen) atoms. The smallest absolute Gasteiger partial charge is 0.261 e. The number of hydrogen-bond donors (Lipinski definition) is 1. The van der Waals surface area contributed by atoms with Crippen LogP contribution in [-0.2, 0) is 16.7 Å². The van der Waals surface area contributed by atoms with Crippen molar-refractivity contribution in [1.29, 1.82) is 0 Å². The number of benzene rings is 2. The van der Waals surface area contributed by atoms with Gasteiger partial charge in [-0.25, -0.2) is 4.98 Å². The molecule has 6 heteroatoms. The third kappa shape index (κ3) is 4.60. The van der Waals surface area contributed by atoms with Crippen LogP contribution in [0.5, 0.6) is 0 Å². The summed E-state index contributed by atoms with van der Waals surface area (Å²) in [5.41, 5.74) is 2.23. The average molecular weight is 408 g/mol. The van der Waals surface area contributed by atoms with Crippen molar-refractivity contribution >= 4 is 16.8 Å². The lowest BCUT2D eigenvalue weighted by Gasteiger charge is -2.21. The Balaban J connectivity index is 1.91. The molecule has 1 N–H and O–H groups in total.